The van der Waals surface area contributed by atoms with Crippen LogP contribution < -0.4 is 5.73 Å². The van der Waals surface area contributed by atoms with Crippen molar-refractivity contribution in [3.63, 3.8) is 0 Å². The molecule has 0 amide bonds. The van der Waals surface area contributed by atoms with Gasteiger partial charge in [-0.15, -0.1) is 0 Å². The quantitative estimate of drug-likeness (QED) is 0.416. The van der Waals surface area contributed by atoms with E-state index in [0.29, 0.717) is 0 Å². The minimum absolute atomic E-state index is 0. The van der Waals surface area contributed by atoms with Gasteiger partial charge in [-0.25, -0.2) is 0 Å². The highest BCUT2D eigenvalue weighted by atomic mass is 16.4. The minimum Gasteiger partial charge on any atom is -0.429 e. The van der Waals surface area contributed by atoms with Gasteiger partial charge in [0.1, 0.15) is 0 Å². The van der Waals surface area contributed by atoms with E-state index in [0.717, 1.165) is 11.3 Å². The van der Waals surface area contributed by atoms with Gasteiger partial charge in [0, 0.05) is 5.69 Å². The SMILES string of the molecule is C=Cc1ccc(N)cc1.O[B]O. The Labute approximate surface area is 72.5 Å². The van der Waals surface area contributed by atoms with E-state index in [9.17, 15) is 0 Å². The van der Waals surface area contributed by atoms with Crippen molar-refractivity contribution >= 4 is 19.4 Å². The van der Waals surface area contributed by atoms with Crippen LogP contribution in [0.3, 0.4) is 0 Å². The van der Waals surface area contributed by atoms with Crippen molar-refractivity contribution in [2.75, 3.05) is 5.73 Å². The van der Waals surface area contributed by atoms with Gasteiger partial charge in [0.2, 0.25) is 0 Å². The molecule has 0 heterocycles. The fourth-order valence-electron chi connectivity index (χ4n) is 0.632. The van der Waals surface area contributed by atoms with Crippen LogP contribution in [0, 0.1) is 0 Å². The van der Waals surface area contributed by atoms with Crippen molar-refractivity contribution in [2.24, 2.45) is 0 Å². The third-order valence-electron chi connectivity index (χ3n) is 1.17. The van der Waals surface area contributed by atoms with E-state index >= 15 is 0 Å². The monoisotopic (exact) mass is 164 g/mol. The van der Waals surface area contributed by atoms with Crippen LogP contribution in [0.25, 0.3) is 6.08 Å². The van der Waals surface area contributed by atoms with Crippen LogP contribution in [-0.4, -0.2) is 17.7 Å². The molecular weight excluding hydrogens is 153 g/mol. The van der Waals surface area contributed by atoms with Crippen molar-refractivity contribution in [2.45, 2.75) is 0 Å². The summed E-state index contributed by atoms with van der Waals surface area (Å²) in [6.45, 7) is 3.62. The van der Waals surface area contributed by atoms with Gasteiger partial charge < -0.3 is 15.8 Å². The predicted octanol–water partition coefficient (Wildman–Crippen LogP) is 0.417. The smallest absolute Gasteiger partial charge is 0.429 e. The van der Waals surface area contributed by atoms with Crippen LogP contribution in [0.15, 0.2) is 30.8 Å². The molecule has 4 N–H and O–H groups in total. The molecule has 12 heavy (non-hydrogen) atoms. The van der Waals surface area contributed by atoms with Gasteiger partial charge in [0.05, 0.1) is 0 Å². The molecule has 1 aromatic carbocycles. The first-order valence-electron chi connectivity index (χ1n) is 3.32. The lowest BCUT2D eigenvalue weighted by molar-refractivity contribution is 0.448. The average Bonchev–Trinajstić information content (AvgIpc) is 2.07. The molecule has 4 heteroatoms. The Morgan fingerprint density at radius 1 is 1.25 bits per heavy atom. The molecule has 0 saturated heterocycles. The normalized spacial score (nSPS) is 7.83. The first kappa shape index (κ1) is 10.7. The van der Waals surface area contributed by atoms with Gasteiger partial charge in [0.25, 0.3) is 0 Å². The van der Waals surface area contributed by atoms with Gasteiger partial charge in [-0.2, -0.15) is 0 Å². The third kappa shape index (κ3) is 4.54. The molecule has 0 saturated carbocycles. The number of hydrogen-bond donors (Lipinski definition) is 3. The Hall–Kier alpha value is -1.26. The van der Waals surface area contributed by atoms with Crippen molar-refractivity contribution in [3.05, 3.63) is 36.4 Å². The standard InChI is InChI=1S/C8H9N.BH2O2/c1-2-7-3-5-8(9)6-4-7;2-1-3/h2-6H,1,9H2;2-3H. The number of anilines is 1. The van der Waals surface area contributed by atoms with Crippen LogP contribution in [0.1, 0.15) is 5.56 Å². The molecule has 0 atom stereocenters. The maximum absolute atomic E-state index is 7.00. The van der Waals surface area contributed by atoms with Crippen LogP contribution >= 0.6 is 0 Å². The molecule has 0 spiro atoms. The van der Waals surface area contributed by atoms with Crippen LogP contribution in [0.4, 0.5) is 5.69 Å². The molecule has 3 nitrogen and oxygen atoms in total. The summed E-state index contributed by atoms with van der Waals surface area (Å²) < 4.78 is 0. The summed E-state index contributed by atoms with van der Waals surface area (Å²) in [5.41, 5.74) is 7.34. The zero-order chi connectivity index (χ0) is 9.40. The fraction of sp³-hybridized carbons (Fsp3) is 0. The molecule has 0 aliphatic heterocycles. The van der Waals surface area contributed by atoms with Crippen molar-refractivity contribution in [1.82, 2.24) is 0 Å². The highest BCUT2D eigenvalue weighted by Crippen LogP contribution is 2.05. The molecule has 0 fully saturated rings. The molecule has 0 unspecified atom stereocenters. The first-order chi connectivity index (χ1) is 5.74. The van der Waals surface area contributed by atoms with E-state index in [-0.39, 0.29) is 7.69 Å². The van der Waals surface area contributed by atoms with Gasteiger partial charge in [-0.1, -0.05) is 24.8 Å². The number of nitrogen functional groups attached to an aromatic ring is 1. The summed E-state index contributed by atoms with van der Waals surface area (Å²) in [6.07, 6.45) is 1.79. The zero-order valence-corrected chi connectivity index (χ0v) is 6.64. The Morgan fingerprint density at radius 3 is 2.00 bits per heavy atom. The van der Waals surface area contributed by atoms with Gasteiger partial charge >= 0.3 is 7.69 Å². The number of nitrogens with two attached hydrogens (primary N) is 1. The van der Waals surface area contributed by atoms with E-state index < -0.39 is 0 Å². The Balaban J connectivity index is 0.000000354. The second-order valence-corrected chi connectivity index (χ2v) is 1.99. The Kier molecular flexibility index (Phi) is 5.78. The Morgan fingerprint density at radius 2 is 1.67 bits per heavy atom. The fourth-order valence-corrected chi connectivity index (χ4v) is 0.632. The van der Waals surface area contributed by atoms with E-state index in [1.165, 1.54) is 0 Å². The van der Waals surface area contributed by atoms with E-state index in [4.69, 9.17) is 15.8 Å². The number of rotatable bonds is 1. The van der Waals surface area contributed by atoms with Crippen LogP contribution in [-0.2, 0) is 0 Å². The first-order valence-corrected chi connectivity index (χ1v) is 3.32. The van der Waals surface area contributed by atoms with E-state index in [1.807, 2.05) is 24.3 Å². The van der Waals surface area contributed by atoms with Crippen molar-refractivity contribution in [3.8, 4) is 0 Å². The maximum Gasteiger partial charge on any atom is 0.482 e. The number of benzene rings is 1. The summed E-state index contributed by atoms with van der Waals surface area (Å²) in [7, 11) is 0. The largest absolute Gasteiger partial charge is 0.482 e. The molecule has 0 aromatic heterocycles. The molecule has 1 radical (unpaired) electrons. The topological polar surface area (TPSA) is 66.5 Å². The lowest BCUT2D eigenvalue weighted by Gasteiger charge is -1.91. The summed E-state index contributed by atoms with van der Waals surface area (Å²) in [6, 6.07) is 7.58. The van der Waals surface area contributed by atoms with E-state index in [1.54, 1.807) is 6.08 Å². The number of hydrogen-bond acceptors (Lipinski definition) is 3. The lowest BCUT2D eigenvalue weighted by Crippen LogP contribution is -1.81. The molecule has 0 bridgehead atoms. The molecule has 1 rings (SSSR count). The van der Waals surface area contributed by atoms with Crippen molar-refractivity contribution < 1.29 is 10.0 Å². The molecule has 63 valence electrons. The zero-order valence-electron chi connectivity index (χ0n) is 6.64. The van der Waals surface area contributed by atoms with Crippen LogP contribution in [0.5, 0.6) is 0 Å². The summed E-state index contributed by atoms with van der Waals surface area (Å²) in [4.78, 5) is 0. The second-order valence-electron chi connectivity index (χ2n) is 1.99. The lowest BCUT2D eigenvalue weighted by atomic mass is 10.2. The Bertz CT molecular complexity index is 223. The molecular formula is C8H11BNO2. The maximum atomic E-state index is 7.00. The van der Waals surface area contributed by atoms with Gasteiger partial charge in [0.15, 0.2) is 0 Å². The predicted molar refractivity (Wildman–Crippen MR) is 51.1 cm³/mol. The third-order valence-corrected chi connectivity index (χ3v) is 1.17. The van der Waals surface area contributed by atoms with Crippen molar-refractivity contribution in [1.29, 1.82) is 0 Å². The summed E-state index contributed by atoms with van der Waals surface area (Å²) in [5, 5.41) is 14.0. The highest BCUT2D eigenvalue weighted by molar-refractivity contribution is 6.13. The average molecular weight is 164 g/mol. The van der Waals surface area contributed by atoms with Gasteiger partial charge in [-0.3, -0.25) is 0 Å². The molecule has 0 aliphatic carbocycles. The van der Waals surface area contributed by atoms with Gasteiger partial charge in [-0.05, 0) is 17.7 Å². The highest BCUT2D eigenvalue weighted by Gasteiger charge is 1.82. The summed E-state index contributed by atoms with van der Waals surface area (Å²) in [5.74, 6) is 0. The van der Waals surface area contributed by atoms with Crippen LogP contribution in [0.2, 0.25) is 0 Å². The second kappa shape index (κ2) is 6.45. The molecule has 1 aromatic rings. The molecule has 0 aliphatic rings. The van der Waals surface area contributed by atoms with E-state index in [2.05, 4.69) is 6.58 Å². The minimum atomic E-state index is 0. The summed E-state index contributed by atoms with van der Waals surface area (Å²) >= 11 is 0.